The highest BCUT2D eigenvalue weighted by atomic mass is 32.3. The molecule has 0 bridgehead atoms. The minimum Gasteiger partial charge on any atom is -0.177 e. The lowest BCUT2D eigenvalue weighted by molar-refractivity contribution is 0.429. The van der Waals surface area contributed by atoms with Gasteiger partial charge in [-0.25, -0.2) is 0 Å². The third kappa shape index (κ3) is 3.08. The van der Waals surface area contributed by atoms with E-state index in [1.54, 1.807) is 12.1 Å². The molecule has 0 N–H and O–H groups in total. The van der Waals surface area contributed by atoms with Crippen LogP contribution in [0.4, 0.5) is 3.89 Å². The van der Waals surface area contributed by atoms with Gasteiger partial charge in [-0.3, -0.25) is 0 Å². The summed E-state index contributed by atoms with van der Waals surface area (Å²) in [4.78, 5) is 0. The minimum absolute atomic E-state index is 0.0547. The first-order valence-corrected chi connectivity index (χ1v) is 5.45. The quantitative estimate of drug-likeness (QED) is 0.722. The summed E-state index contributed by atoms with van der Waals surface area (Å²) in [5, 5.41) is 0. The van der Waals surface area contributed by atoms with E-state index in [0.29, 0.717) is 4.31 Å². The van der Waals surface area contributed by atoms with Crippen LogP contribution in [0, 0.1) is 6.92 Å². The molecule has 5 heteroatoms. The first-order chi connectivity index (χ1) is 6.39. The Morgan fingerprint density at radius 2 is 1.79 bits per heavy atom. The van der Waals surface area contributed by atoms with Crippen LogP contribution in [0.15, 0.2) is 24.3 Å². The summed E-state index contributed by atoms with van der Waals surface area (Å²) in [7, 11) is -3.37. The number of nitrogens with zero attached hydrogens (tertiary/aromatic N) is 1. The maximum atomic E-state index is 12.4. The molecule has 0 unspecified atom stereocenters. The van der Waals surface area contributed by atoms with Crippen LogP contribution in [0.1, 0.15) is 11.1 Å². The van der Waals surface area contributed by atoms with Crippen LogP contribution >= 0.6 is 0 Å². The molecule has 1 aromatic rings. The van der Waals surface area contributed by atoms with Gasteiger partial charge in [-0.1, -0.05) is 33.7 Å². The molecule has 0 aliphatic heterocycles. The maximum Gasteiger partial charge on any atom is 0.374 e. The van der Waals surface area contributed by atoms with Crippen molar-refractivity contribution in [1.29, 1.82) is 0 Å². The van der Waals surface area contributed by atoms with Crippen molar-refractivity contribution in [3.05, 3.63) is 35.4 Å². The molecular formula is C9H12FNO2S. The van der Waals surface area contributed by atoms with Crippen molar-refractivity contribution in [2.75, 3.05) is 7.05 Å². The fourth-order valence-electron chi connectivity index (χ4n) is 1.03. The fourth-order valence-corrected chi connectivity index (χ4v) is 1.33. The lowest BCUT2D eigenvalue weighted by Crippen LogP contribution is -2.22. The van der Waals surface area contributed by atoms with Crippen molar-refractivity contribution in [3.63, 3.8) is 0 Å². The molecule has 0 spiro atoms. The second-order valence-electron chi connectivity index (χ2n) is 3.18. The average molecular weight is 217 g/mol. The summed E-state index contributed by atoms with van der Waals surface area (Å²) in [6.45, 7) is 1.98. The zero-order valence-corrected chi connectivity index (χ0v) is 8.88. The number of hydrogen-bond donors (Lipinski definition) is 0. The molecule has 0 amide bonds. The molecule has 1 rings (SSSR count). The molecule has 78 valence electrons. The fraction of sp³-hybridized carbons (Fsp3) is 0.333. The molecule has 1 aromatic carbocycles. The Kier molecular flexibility index (Phi) is 3.23. The molecule has 0 saturated heterocycles. The van der Waals surface area contributed by atoms with Gasteiger partial charge in [-0.05, 0) is 12.5 Å². The molecule has 0 radical (unpaired) electrons. The molecule has 0 atom stereocenters. The van der Waals surface area contributed by atoms with E-state index < -0.39 is 10.4 Å². The summed E-state index contributed by atoms with van der Waals surface area (Å²) in [6.07, 6.45) is 0. The lowest BCUT2D eigenvalue weighted by Gasteiger charge is -2.10. The van der Waals surface area contributed by atoms with Crippen molar-refractivity contribution in [2.45, 2.75) is 13.5 Å². The van der Waals surface area contributed by atoms with Crippen molar-refractivity contribution < 1.29 is 12.3 Å². The van der Waals surface area contributed by atoms with E-state index >= 15 is 0 Å². The van der Waals surface area contributed by atoms with Gasteiger partial charge in [0, 0.05) is 13.6 Å². The summed E-state index contributed by atoms with van der Waals surface area (Å²) in [6, 6.07) is 7.26. The number of aryl methyl sites for hydroxylation is 1. The van der Waals surface area contributed by atoms with E-state index in [9.17, 15) is 12.3 Å². The van der Waals surface area contributed by atoms with Crippen molar-refractivity contribution in [1.82, 2.24) is 4.31 Å². The third-order valence-electron chi connectivity index (χ3n) is 1.90. The van der Waals surface area contributed by atoms with Gasteiger partial charge in [0.15, 0.2) is 0 Å². The second-order valence-corrected chi connectivity index (χ2v) is 4.63. The number of hydrogen-bond acceptors (Lipinski definition) is 2. The van der Waals surface area contributed by atoms with Crippen LogP contribution < -0.4 is 0 Å². The Hall–Kier alpha value is -0.940. The van der Waals surface area contributed by atoms with E-state index in [1.807, 2.05) is 19.1 Å². The SMILES string of the molecule is Cc1ccc(CN(C)S(=O)(=O)F)cc1. The molecule has 0 aromatic heterocycles. The van der Waals surface area contributed by atoms with Gasteiger partial charge in [0.05, 0.1) is 0 Å². The predicted octanol–water partition coefficient (Wildman–Crippen LogP) is 1.64. The molecular weight excluding hydrogens is 205 g/mol. The van der Waals surface area contributed by atoms with Gasteiger partial charge < -0.3 is 0 Å². The van der Waals surface area contributed by atoms with Gasteiger partial charge >= 0.3 is 10.4 Å². The average Bonchev–Trinajstić information content (AvgIpc) is 2.07. The van der Waals surface area contributed by atoms with Gasteiger partial charge in [-0.15, -0.1) is 0 Å². The van der Waals surface area contributed by atoms with E-state index in [0.717, 1.165) is 11.1 Å². The predicted molar refractivity (Wildman–Crippen MR) is 52.7 cm³/mol. The highest BCUT2D eigenvalue weighted by molar-refractivity contribution is 7.83. The monoisotopic (exact) mass is 217 g/mol. The van der Waals surface area contributed by atoms with E-state index in [-0.39, 0.29) is 6.54 Å². The van der Waals surface area contributed by atoms with E-state index in [4.69, 9.17) is 0 Å². The largest absolute Gasteiger partial charge is 0.374 e. The van der Waals surface area contributed by atoms with E-state index in [1.165, 1.54) is 7.05 Å². The first kappa shape index (κ1) is 11.1. The third-order valence-corrected chi connectivity index (χ3v) is 2.77. The molecule has 0 aliphatic rings. The second kappa shape index (κ2) is 4.06. The van der Waals surface area contributed by atoms with Crippen LogP contribution in [0.25, 0.3) is 0 Å². The molecule has 0 aliphatic carbocycles. The Morgan fingerprint density at radius 1 is 1.29 bits per heavy atom. The highest BCUT2D eigenvalue weighted by Gasteiger charge is 2.15. The van der Waals surface area contributed by atoms with Crippen molar-refractivity contribution in [3.8, 4) is 0 Å². The van der Waals surface area contributed by atoms with Gasteiger partial charge in [0.25, 0.3) is 0 Å². The summed E-state index contributed by atoms with van der Waals surface area (Å²) in [5.74, 6) is 0. The van der Waals surface area contributed by atoms with Crippen LogP contribution in [0.5, 0.6) is 0 Å². The Bertz CT molecular complexity index is 399. The Labute approximate surface area is 83.5 Å². The molecule has 0 heterocycles. The number of rotatable bonds is 3. The number of halogens is 1. The topological polar surface area (TPSA) is 37.4 Å². The molecule has 3 nitrogen and oxygen atoms in total. The van der Waals surface area contributed by atoms with Crippen LogP contribution in [0.2, 0.25) is 0 Å². The normalized spacial score (nSPS) is 12.0. The maximum absolute atomic E-state index is 12.4. The van der Waals surface area contributed by atoms with Crippen LogP contribution in [-0.2, 0) is 17.0 Å². The van der Waals surface area contributed by atoms with Crippen LogP contribution in [-0.4, -0.2) is 19.8 Å². The van der Waals surface area contributed by atoms with Gasteiger partial charge in [0.2, 0.25) is 0 Å². The first-order valence-electron chi connectivity index (χ1n) is 4.11. The zero-order chi connectivity index (χ0) is 10.8. The summed E-state index contributed by atoms with van der Waals surface area (Å²) >= 11 is 0. The van der Waals surface area contributed by atoms with Gasteiger partial charge in [0.1, 0.15) is 0 Å². The number of benzene rings is 1. The summed E-state index contributed by atoms with van der Waals surface area (Å²) < 4.78 is 34.0. The summed E-state index contributed by atoms with van der Waals surface area (Å²) in [5.41, 5.74) is 1.85. The highest BCUT2D eigenvalue weighted by Crippen LogP contribution is 2.09. The van der Waals surface area contributed by atoms with Crippen molar-refractivity contribution >= 4 is 10.4 Å². The lowest BCUT2D eigenvalue weighted by atomic mass is 10.1. The molecule has 14 heavy (non-hydrogen) atoms. The zero-order valence-electron chi connectivity index (χ0n) is 8.07. The molecule has 0 saturated carbocycles. The van der Waals surface area contributed by atoms with E-state index in [2.05, 4.69) is 0 Å². The van der Waals surface area contributed by atoms with Crippen LogP contribution in [0.3, 0.4) is 0 Å². The Balaban J connectivity index is 2.75. The standard InChI is InChI=1S/C9H12FNO2S/c1-8-3-5-9(6-4-8)7-11(2)14(10,12)13/h3-6H,7H2,1-2H3. The minimum atomic E-state index is -4.58. The Morgan fingerprint density at radius 3 is 2.21 bits per heavy atom. The van der Waals surface area contributed by atoms with Crippen molar-refractivity contribution in [2.24, 2.45) is 0 Å². The molecule has 0 fully saturated rings. The van der Waals surface area contributed by atoms with Gasteiger partial charge in [-0.2, -0.15) is 12.7 Å². The smallest absolute Gasteiger partial charge is 0.177 e.